The second-order valence-corrected chi connectivity index (χ2v) is 7.76. The molecule has 4 rings (SSSR count). The number of amides is 1. The van der Waals surface area contributed by atoms with Gasteiger partial charge >= 0.3 is 0 Å². The van der Waals surface area contributed by atoms with Crippen molar-refractivity contribution in [3.63, 3.8) is 0 Å². The van der Waals surface area contributed by atoms with Crippen molar-refractivity contribution in [2.75, 3.05) is 13.2 Å². The van der Waals surface area contributed by atoms with E-state index in [0.29, 0.717) is 31.8 Å². The molecule has 4 N–H and O–H groups in total. The van der Waals surface area contributed by atoms with Gasteiger partial charge in [-0.05, 0) is 48.2 Å². The Bertz CT molecular complexity index is 1060. The lowest BCUT2D eigenvalue weighted by Gasteiger charge is -2.16. The first-order valence-electron chi connectivity index (χ1n) is 9.93. The first-order valence-corrected chi connectivity index (χ1v) is 9.93. The second-order valence-electron chi connectivity index (χ2n) is 7.76. The molecule has 7 heteroatoms. The van der Waals surface area contributed by atoms with Gasteiger partial charge in [-0.2, -0.15) is 5.10 Å². The fourth-order valence-electron chi connectivity index (χ4n) is 3.73. The lowest BCUT2D eigenvalue weighted by Crippen LogP contribution is -2.25. The summed E-state index contributed by atoms with van der Waals surface area (Å²) in [5, 5.41) is 18.6. The molecule has 1 amide bonds. The van der Waals surface area contributed by atoms with Crippen molar-refractivity contribution in [3.8, 4) is 11.5 Å². The first kappa shape index (κ1) is 19.3. The predicted octanol–water partition coefficient (Wildman–Crippen LogP) is 3.28. The van der Waals surface area contributed by atoms with Crippen molar-refractivity contribution in [1.82, 2.24) is 15.1 Å². The number of nitrogens with two attached hydrogens (primary N) is 1. The smallest absolute Gasteiger partial charge is 0.258 e. The van der Waals surface area contributed by atoms with Gasteiger partial charge in [0, 0.05) is 24.5 Å². The van der Waals surface area contributed by atoms with E-state index < -0.39 is 0 Å². The quantitative estimate of drug-likeness (QED) is 0.557. The summed E-state index contributed by atoms with van der Waals surface area (Å²) >= 11 is 0. The van der Waals surface area contributed by atoms with E-state index in [2.05, 4.69) is 10.2 Å². The third-order valence-corrected chi connectivity index (χ3v) is 5.29. The zero-order chi connectivity index (χ0) is 20.5. The highest BCUT2D eigenvalue weighted by molar-refractivity contribution is 6.01. The number of hydrogen-bond donors (Lipinski definition) is 3. The molecule has 1 aliphatic rings. The SMILES string of the molecule is CC(C)c1n[nH]c2cc(O)c(C(=O)N3Cc4ccc(OCCCN)cc4C3)cc12. The summed E-state index contributed by atoms with van der Waals surface area (Å²) in [7, 11) is 0. The summed E-state index contributed by atoms with van der Waals surface area (Å²) < 4.78 is 5.71. The normalized spacial score (nSPS) is 13.3. The number of aromatic amines is 1. The fraction of sp³-hybridized carbons (Fsp3) is 0.364. The number of phenolic OH excluding ortho intramolecular Hbond substituents is 1. The molecule has 0 fully saturated rings. The van der Waals surface area contributed by atoms with Crippen LogP contribution >= 0.6 is 0 Å². The fourth-order valence-corrected chi connectivity index (χ4v) is 3.73. The Morgan fingerprint density at radius 2 is 2.07 bits per heavy atom. The summed E-state index contributed by atoms with van der Waals surface area (Å²) in [6, 6.07) is 9.23. The number of nitrogens with zero attached hydrogens (tertiary/aromatic N) is 2. The average molecular weight is 394 g/mol. The maximum absolute atomic E-state index is 13.2. The molecule has 0 radical (unpaired) electrons. The summed E-state index contributed by atoms with van der Waals surface area (Å²) in [5.74, 6) is 0.769. The molecule has 1 aliphatic heterocycles. The number of hydrogen-bond acceptors (Lipinski definition) is 5. The maximum atomic E-state index is 13.2. The standard InChI is InChI=1S/C22H26N4O3/c1-13(2)21-17-9-18(20(27)10-19(17)24-25-21)22(28)26-11-14-4-5-16(8-15(14)12-26)29-7-3-6-23/h4-5,8-10,13,27H,3,6-7,11-12,23H2,1-2H3,(H,24,25). The Kier molecular flexibility index (Phi) is 5.15. The van der Waals surface area contributed by atoms with E-state index in [1.54, 1.807) is 17.0 Å². The highest BCUT2D eigenvalue weighted by atomic mass is 16.5. The van der Waals surface area contributed by atoms with E-state index in [1.165, 1.54) is 0 Å². The molecule has 0 saturated heterocycles. The molecule has 3 aromatic rings. The minimum atomic E-state index is -0.192. The lowest BCUT2D eigenvalue weighted by molar-refractivity contribution is 0.0748. The number of carbonyl (C=O) groups excluding carboxylic acids is 1. The summed E-state index contributed by atoms with van der Waals surface area (Å²) in [4.78, 5) is 14.9. The van der Waals surface area contributed by atoms with Crippen LogP contribution in [-0.2, 0) is 13.1 Å². The topological polar surface area (TPSA) is 104 Å². The van der Waals surface area contributed by atoms with Crippen LogP contribution in [0.3, 0.4) is 0 Å². The van der Waals surface area contributed by atoms with Crippen LogP contribution in [-0.4, -0.2) is 39.3 Å². The molecule has 152 valence electrons. The minimum Gasteiger partial charge on any atom is -0.507 e. The van der Waals surface area contributed by atoms with Crippen molar-refractivity contribution < 1.29 is 14.6 Å². The number of aromatic hydroxyl groups is 1. The van der Waals surface area contributed by atoms with Crippen LogP contribution in [0.2, 0.25) is 0 Å². The predicted molar refractivity (Wildman–Crippen MR) is 111 cm³/mol. The van der Waals surface area contributed by atoms with Gasteiger partial charge in [-0.15, -0.1) is 0 Å². The molecular weight excluding hydrogens is 368 g/mol. The highest BCUT2D eigenvalue weighted by Crippen LogP contribution is 2.33. The summed E-state index contributed by atoms with van der Waals surface area (Å²) in [6.45, 7) is 6.27. The molecule has 2 aromatic carbocycles. The second kappa shape index (κ2) is 7.75. The zero-order valence-electron chi connectivity index (χ0n) is 16.7. The van der Waals surface area contributed by atoms with Gasteiger partial charge in [-0.1, -0.05) is 19.9 Å². The Labute approximate surface area is 169 Å². The van der Waals surface area contributed by atoms with Gasteiger partial charge in [0.15, 0.2) is 0 Å². The molecule has 29 heavy (non-hydrogen) atoms. The molecule has 0 bridgehead atoms. The van der Waals surface area contributed by atoms with Crippen molar-refractivity contribution in [2.24, 2.45) is 5.73 Å². The average Bonchev–Trinajstić information content (AvgIpc) is 3.30. The van der Waals surface area contributed by atoms with Crippen molar-refractivity contribution in [2.45, 2.75) is 39.3 Å². The van der Waals surface area contributed by atoms with Gasteiger partial charge in [0.1, 0.15) is 11.5 Å². The van der Waals surface area contributed by atoms with Crippen LogP contribution in [0.5, 0.6) is 11.5 Å². The number of rotatable bonds is 6. The molecular formula is C22H26N4O3. The van der Waals surface area contributed by atoms with Gasteiger partial charge in [-0.3, -0.25) is 9.89 Å². The Morgan fingerprint density at radius 3 is 2.83 bits per heavy atom. The van der Waals surface area contributed by atoms with Crippen LogP contribution in [0.4, 0.5) is 0 Å². The van der Waals surface area contributed by atoms with Gasteiger partial charge in [0.05, 0.1) is 23.4 Å². The van der Waals surface area contributed by atoms with Crippen LogP contribution in [0.15, 0.2) is 30.3 Å². The Morgan fingerprint density at radius 1 is 1.28 bits per heavy atom. The van der Waals surface area contributed by atoms with Crippen LogP contribution in [0.25, 0.3) is 10.9 Å². The molecule has 0 spiro atoms. The van der Waals surface area contributed by atoms with Crippen LogP contribution in [0.1, 0.15) is 53.4 Å². The van der Waals surface area contributed by atoms with E-state index in [9.17, 15) is 9.90 Å². The van der Waals surface area contributed by atoms with Crippen molar-refractivity contribution in [1.29, 1.82) is 0 Å². The number of fused-ring (bicyclic) bond motifs is 2. The minimum absolute atomic E-state index is 0.0387. The molecule has 0 saturated carbocycles. The van der Waals surface area contributed by atoms with E-state index in [-0.39, 0.29) is 17.6 Å². The van der Waals surface area contributed by atoms with E-state index in [0.717, 1.165) is 39.9 Å². The molecule has 7 nitrogen and oxygen atoms in total. The van der Waals surface area contributed by atoms with Gasteiger partial charge < -0.3 is 20.5 Å². The van der Waals surface area contributed by atoms with Gasteiger partial charge in [-0.25, -0.2) is 0 Å². The molecule has 0 aliphatic carbocycles. The number of benzene rings is 2. The highest BCUT2D eigenvalue weighted by Gasteiger charge is 2.27. The number of carbonyl (C=O) groups is 1. The Hall–Kier alpha value is -3.06. The zero-order valence-corrected chi connectivity index (χ0v) is 16.7. The monoisotopic (exact) mass is 394 g/mol. The summed E-state index contributed by atoms with van der Waals surface area (Å²) in [6.07, 6.45) is 0.801. The third kappa shape index (κ3) is 3.65. The first-order chi connectivity index (χ1) is 14.0. The lowest BCUT2D eigenvalue weighted by atomic mass is 10.0. The molecule has 0 atom stereocenters. The van der Waals surface area contributed by atoms with Gasteiger partial charge in [0.25, 0.3) is 5.91 Å². The van der Waals surface area contributed by atoms with Gasteiger partial charge in [0.2, 0.25) is 0 Å². The summed E-state index contributed by atoms with van der Waals surface area (Å²) in [5.41, 5.74) is 9.58. The Balaban J connectivity index is 1.57. The van der Waals surface area contributed by atoms with E-state index in [1.807, 2.05) is 32.0 Å². The van der Waals surface area contributed by atoms with E-state index in [4.69, 9.17) is 10.5 Å². The van der Waals surface area contributed by atoms with Crippen LogP contribution in [0, 0.1) is 0 Å². The third-order valence-electron chi connectivity index (χ3n) is 5.29. The molecule has 1 aromatic heterocycles. The van der Waals surface area contributed by atoms with Crippen LogP contribution < -0.4 is 10.5 Å². The number of aromatic nitrogens is 2. The number of H-pyrrole nitrogens is 1. The van der Waals surface area contributed by atoms with Crippen molar-refractivity contribution >= 4 is 16.8 Å². The molecule has 0 unspecified atom stereocenters. The largest absolute Gasteiger partial charge is 0.507 e. The van der Waals surface area contributed by atoms with E-state index >= 15 is 0 Å². The number of phenols is 1. The maximum Gasteiger partial charge on any atom is 0.258 e. The molecule has 2 heterocycles. The number of ether oxygens (including phenoxy) is 1. The number of nitrogens with one attached hydrogen (secondary N) is 1. The van der Waals surface area contributed by atoms with Crippen molar-refractivity contribution in [3.05, 3.63) is 52.7 Å².